The summed E-state index contributed by atoms with van der Waals surface area (Å²) in [6.07, 6.45) is 14.6. The fourth-order valence-corrected chi connectivity index (χ4v) is 5.91. The molecule has 0 bridgehead atoms. The summed E-state index contributed by atoms with van der Waals surface area (Å²) in [5.41, 5.74) is 4.72. The highest BCUT2D eigenvalue weighted by molar-refractivity contribution is 8.02. The van der Waals surface area contributed by atoms with Crippen LogP contribution in [0.2, 0.25) is 0 Å². The molecule has 2 atom stereocenters. The number of allylic oxidation sites excluding steroid dienone is 2. The van der Waals surface area contributed by atoms with Gasteiger partial charge in [-0.05, 0) is 53.6 Å². The minimum atomic E-state index is 0.118. The van der Waals surface area contributed by atoms with Crippen molar-refractivity contribution in [1.29, 1.82) is 0 Å². The van der Waals surface area contributed by atoms with E-state index in [0.717, 1.165) is 50.7 Å². The Labute approximate surface area is 224 Å². The zero-order valence-corrected chi connectivity index (χ0v) is 22.8. The Kier molecular flexibility index (Phi) is 8.34. The van der Waals surface area contributed by atoms with Crippen LogP contribution in [-0.4, -0.2) is 69.0 Å². The maximum absolute atomic E-state index is 4.64. The standard InChI is InChI=1S/C30H36N6S/c1-23-9-7-10-24(2)28(23)36-30(31-32-33-36)29(26-14-16-27(37-3)17-15-26)35-21-19-34(20-22-35)18-8-13-25-11-5-4-6-12-25/h4-14,16-17,26,29H,15,18-22H2,1-3H3/b13-8+/t26?,29-/m0/s1. The van der Waals surface area contributed by atoms with Crippen LogP contribution in [0, 0.1) is 19.8 Å². The fourth-order valence-electron chi connectivity index (χ4n) is 5.43. The molecular formula is C30H36N6S. The lowest BCUT2D eigenvalue weighted by Gasteiger charge is -2.41. The first-order valence-corrected chi connectivity index (χ1v) is 14.3. The van der Waals surface area contributed by atoms with Gasteiger partial charge in [0.05, 0.1) is 11.7 Å². The number of aromatic nitrogens is 4. The number of benzene rings is 2. The molecular weight excluding hydrogens is 476 g/mol. The van der Waals surface area contributed by atoms with Crippen molar-refractivity contribution in [2.45, 2.75) is 26.3 Å². The summed E-state index contributed by atoms with van der Waals surface area (Å²) in [6.45, 7) is 9.29. The normalized spacial score (nSPS) is 19.9. The van der Waals surface area contributed by atoms with Crippen molar-refractivity contribution >= 4 is 17.8 Å². The Balaban J connectivity index is 1.36. The van der Waals surface area contributed by atoms with Crippen molar-refractivity contribution in [3.05, 3.63) is 100 Å². The van der Waals surface area contributed by atoms with Crippen molar-refractivity contribution in [3.63, 3.8) is 0 Å². The van der Waals surface area contributed by atoms with Gasteiger partial charge in [0.1, 0.15) is 0 Å². The van der Waals surface area contributed by atoms with Crippen LogP contribution in [-0.2, 0) is 0 Å². The summed E-state index contributed by atoms with van der Waals surface area (Å²) in [4.78, 5) is 6.46. The SMILES string of the molecule is CSC1=CCC([C@@H](c2nnnn2-c2c(C)cccc2C)N2CCN(C/C=C/c3ccccc3)CC2)C=C1. The summed E-state index contributed by atoms with van der Waals surface area (Å²) in [7, 11) is 0. The maximum Gasteiger partial charge on any atom is 0.174 e. The van der Waals surface area contributed by atoms with Crippen molar-refractivity contribution in [1.82, 2.24) is 30.0 Å². The maximum atomic E-state index is 4.64. The number of nitrogens with zero attached hydrogens (tertiary/aromatic N) is 6. The zero-order valence-electron chi connectivity index (χ0n) is 22.0. The lowest BCUT2D eigenvalue weighted by atomic mass is 9.90. The number of piperazine rings is 1. The van der Waals surface area contributed by atoms with Crippen molar-refractivity contribution in [3.8, 4) is 5.69 Å². The number of hydrogen-bond donors (Lipinski definition) is 0. The highest BCUT2D eigenvalue weighted by Crippen LogP contribution is 2.37. The monoisotopic (exact) mass is 512 g/mol. The van der Waals surface area contributed by atoms with E-state index < -0.39 is 0 Å². The Morgan fingerprint density at radius 2 is 1.76 bits per heavy atom. The fraction of sp³-hybridized carbons (Fsp3) is 0.367. The summed E-state index contributed by atoms with van der Waals surface area (Å²) in [5, 5.41) is 13.3. The average molecular weight is 513 g/mol. The van der Waals surface area contributed by atoms with Crippen LogP contribution in [0.4, 0.5) is 0 Å². The molecule has 192 valence electrons. The largest absolute Gasteiger partial charge is 0.297 e. The highest BCUT2D eigenvalue weighted by atomic mass is 32.2. The average Bonchev–Trinajstić information content (AvgIpc) is 3.39. The predicted octanol–water partition coefficient (Wildman–Crippen LogP) is 5.47. The van der Waals surface area contributed by atoms with E-state index in [0.29, 0.717) is 5.92 Å². The van der Waals surface area contributed by atoms with Crippen molar-refractivity contribution < 1.29 is 0 Å². The van der Waals surface area contributed by atoms with Crippen LogP contribution in [0.5, 0.6) is 0 Å². The predicted molar refractivity (Wildman–Crippen MR) is 154 cm³/mol. The first-order valence-electron chi connectivity index (χ1n) is 13.1. The Morgan fingerprint density at radius 1 is 1.00 bits per heavy atom. The van der Waals surface area contributed by atoms with Gasteiger partial charge in [-0.2, -0.15) is 4.68 Å². The zero-order chi connectivity index (χ0) is 25.6. The Bertz CT molecular complexity index is 1250. The molecule has 1 aromatic heterocycles. The van der Waals surface area contributed by atoms with Crippen molar-refractivity contribution in [2.75, 3.05) is 39.0 Å². The number of hydrogen-bond acceptors (Lipinski definition) is 6. The van der Waals surface area contributed by atoms with Crippen LogP contribution < -0.4 is 0 Å². The van der Waals surface area contributed by atoms with Gasteiger partial charge >= 0.3 is 0 Å². The molecule has 6 nitrogen and oxygen atoms in total. The van der Waals surface area contributed by atoms with E-state index >= 15 is 0 Å². The second-order valence-electron chi connectivity index (χ2n) is 9.85. The number of rotatable bonds is 8. The second-order valence-corrected chi connectivity index (χ2v) is 10.7. The summed E-state index contributed by atoms with van der Waals surface area (Å²) in [5.74, 6) is 1.26. The van der Waals surface area contributed by atoms with E-state index in [-0.39, 0.29) is 6.04 Å². The van der Waals surface area contributed by atoms with Crippen molar-refractivity contribution in [2.24, 2.45) is 5.92 Å². The molecule has 3 aromatic rings. The molecule has 0 amide bonds. The molecule has 7 heteroatoms. The van der Waals surface area contributed by atoms with Gasteiger partial charge < -0.3 is 0 Å². The molecule has 1 saturated heterocycles. The molecule has 5 rings (SSSR count). The number of aryl methyl sites for hydroxylation is 2. The lowest BCUT2D eigenvalue weighted by Crippen LogP contribution is -2.49. The molecule has 37 heavy (non-hydrogen) atoms. The van der Waals surface area contributed by atoms with E-state index in [9.17, 15) is 0 Å². The van der Waals surface area contributed by atoms with Gasteiger partial charge in [0.15, 0.2) is 5.82 Å². The van der Waals surface area contributed by atoms with Gasteiger partial charge in [-0.15, -0.1) is 16.9 Å². The highest BCUT2D eigenvalue weighted by Gasteiger charge is 2.35. The molecule has 1 unspecified atom stereocenters. The Morgan fingerprint density at radius 3 is 2.43 bits per heavy atom. The topological polar surface area (TPSA) is 50.1 Å². The number of para-hydroxylation sites is 1. The first kappa shape index (κ1) is 25.6. The third-order valence-corrected chi connectivity index (χ3v) is 8.20. The molecule has 0 N–H and O–H groups in total. The van der Waals surface area contributed by atoms with E-state index in [1.165, 1.54) is 21.6 Å². The van der Waals surface area contributed by atoms with E-state index in [1.807, 2.05) is 4.68 Å². The summed E-state index contributed by atoms with van der Waals surface area (Å²) < 4.78 is 1.99. The van der Waals surface area contributed by atoms with Gasteiger partial charge in [0.2, 0.25) is 0 Å². The third-order valence-electron chi connectivity index (χ3n) is 7.42. The minimum Gasteiger partial charge on any atom is -0.297 e. The first-order chi connectivity index (χ1) is 18.1. The van der Waals surface area contributed by atoms with Crippen LogP contribution >= 0.6 is 11.8 Å². The quantitative estimate of drug-likeness (QED) is 0.399. The molecule has 0 spiro atoms. The number of tetrazole rings is 1. The lowest BCUT2D eigenvalue weighted by molar-refractivity contribution is 0.0785. The third kappa shape index (κ3) is 5.95. The van der Waals surface area contributed by atoms with Gasteiger partial charge in [-0.1, -0.05) is 78.9 Å². The van der Waals surface area contributed by atoms with E-state index in [4.69, 9.17) is 0 Å². The molecule has 2 heterocycles. The number of thioether (sulfide) groups is 1. The van der Waals surface area contributed by atoms with Crippen LogP contribution in [0.15, 0.2) is 77.7 Å². The van der Waals surface area contributed by atoms with Crippen LogP contribution in [0.25, 0.3) is 11.8 Å². The van der Waals surface area contributed by atoms with Gasteiger partial charge in [-0.25, -0.2) is 0 Å². The summed E-state index contributed by atoms with van der Waals surface area (Å²) in [6, 6.07) is 17.0. The van der Waals surface area contributed by atoms with Gasteiger partial charge in [0, 0.05) is 43.5 Å². The van der Waals surface area contributed by atoms with Crippen LogP contribution in [0.1, 0.15) is 35.0 Å². The molecule has 2 aromatic carbocycles. The molecule has 0 radical (unpaired) electrons. The van der Waals surface area contributed by atoms with E-state index in [1.54, 1.807) is 11.8 Å². The van der Waals surface area contributed by atoms with Crippen LogP contribution in [0.3, 0.4) is 0 Å². The summed E-state index contributed by atoms with van der Waals surface area (Å²) >= 11 is 1.80. The van der Waals surface area contributed by atoms with Gasteiger partial charge in [-0.3, -0.25) is 9.80 Å². The molecule has 1 aliphatic heterocycles. The minimum absolute atomic E-state index is 0.118. The molecule has 1 aliphatic carbocycles. The molecule has 2 aliphatic rings. The van der Waals surface area contributed by atoms with E-state index in [2.05, 4.69) is 124 Å². The van der Waals surface area contributed by atoms with Gasteiger partial charge in [0.25, 0.3) is 0 Å². The molecule has 0 saturated carbocycles. The second kappa shape index (κ2) is 12.0. The smallest absolute Gasteiger partial charge is 0.174 e. The molecule has 1 fully saturated rings. The Hall–Kier alpha value is -3.00.